The molecular formula is C17H24ClN3O2. The summed E-state index contributed by atoms with van der Waals surface area (Å²) < 4.78 is 11.0. The van der Waals surface area contributed by atoms with Crippen molar-refractivity contribution in [1.82, 2.24) is 10.1 Å². The van der Waals surface area contributed by atoms with Crippen LogP contribution in [0.15, 0.2) is 34.9 Å². The van der Waals surface area contributed by atoms with E-state index in [2.05, 4.69) is 10.1 Å². The zero-order valence-electron chi connectivity index (χ0n) is 13.2. The molecule has 3 rings (SSSR count). The molecule has 0 amide bonds. The van der Waals surface area contributed by atoms with Crippen LogP contribution >= 0.6 is 12.4 Å². The number of benzene rings is 1. The topological polar surface area (TPSA) is 74.2 Å². The number of para-hydroxylation sites is 1. The van der Waals surface area contributed by atoms with Crippen LogP contribution in [0.4, 0.5) is 0 Å². The molecule has 5 nitrogen and oxygen atoms in total. The summed E-state index contributed by atoms with van der Waals surface area (Å²) in [4.78, 5) is 4.45. The van der Waals surface area contributed by atoms with Gasteiger partial charge in [-0.1, -0.05) is 42.6 Å². The van der Waals surface area contributed by atoms with E-state index in [1.54, 1.807) is 0 Å². The predicted molar refractivity (Wildman–Crippen MR) is 90.6 cm³/mol. The summed E-state index contributed by atoms with van der Waals surface area (Å²) in [5, 5.41) is 4.01. The summed E-state index contributed by atoms with van der Waals surface area (Å²) in [5.74, 6) is 2.07. The minimum Gasteiger partial charge on any atom is -0.485 e. The van der Waals surface area contributed by atoms with Gasteiger partial charge in [-0.15, -0.1) is 12.4 Å². The van der Waals surface area contributed by atoms with Gasteiger partial charge in [0.05, 0.1) is 0 Å². The number of rotatable bonds is 6. The van der Waals surface area contributed by atoms with E-state index in [1.165, 1.54) is 19.3 Å². The second-order valence-electron chi connectivity index (χ2n) is 6.15. The molecule has 23 heavy (non-hydrogen) atoms. The van der Waals surface area contributed by atoms with Gasteiger partial charge >= 0.3 is 0 Å². The molecule has 0 atom stereocenters. The maximum atomic E-state index is 6.01. The lowest BCUT2D eigenvalue weighted by Crippen LogP contribution is -2.35. The maximum absolute atomic E-state index is 6.01. The van der Waals surface area contributed by atoms with Crippen LogP contribution in [0.1, 0.15) is 43.8 Å². The van der Waals surface area contributed by atoms with Gasteiger partial charge in [-0.2, -0.15) is 4.98 Å². The second kappa shape index (κ2) is 8.31. The van der Waals surface area contributed by atoms with Crippen LogP contribution < -0.4 is 10.5 Å². The van der Waals surface area contributed by atoms with Crippen LogP contribution in [0.2, 0.25) is 0 Å². The van der Waals surface area contributed by atoms with Crippen molar-refractivity contribution in [1.29, 1.82) is 0 Å². The monoisotopic (exact) mass is 337 g/mol. The van der Waals surface area contributed by atoms with Crippen molar-refractivity contribution in [3.8, 4) is 5.75 Å². The highest BCUT2D eigenvalue weighted by molar-refractivity contribution is 5.85. The molecule has 1 aromatic heterocycles. The minimum atomic E-state index is 0. The molecule has 2 N–H and O–H groups in total. The first-order valence-corrected chi connectivity index (χ1v) is 7.99. The van der Waals surface area contributed by atoms with Gasteiger partial charge < -0.3 is 15.0 Å². The summed E-state index contributed by atoms with van der Waals surface area (Å²) >= 11 is 0. The van der Waals surface area contributed by atoms with Crippen LogP contribution in [0, 0.1) is 5.41 Å². The van der Waals surface area contributed by atoms with E-state index >= 15 is 0 Å². The van der Waals surface area contributed by atoms with Gasteiger partial charge in [0.1, 0.15) is 5.75 Å². The first-order chi connectivity index (χ1) is 10.8. The van der Waals surface area contributed by atoms with E-state index in [0.717, 1.165) is 25.0 Å². The molecule has 1 heterocycles. The van der Waals surface area contributed by atoms with Gasteiger partial charge in [0.25, 0.3) is 0 Å². The van der Waals surface area contributed by atoms with Crippen molar-refractivity contribution in [2.75, 3.05) is 6.54 Å². The van der Waals surface area contributed by atoms with Crippen molar-refractivity contribution in [3.05, 3.63) is 42.0 Å². The molecule has 1 aromatic carbocycles. The van der Waals surface area contributed by atoms with Crippen molar-refractivity contribution < 1.29 is 9.26 Å². The molecule has 0 aliphatic heterocycles. The summed E-state index contributed by atoms with van der Waals surface area (Å²) in [5.41, 5.74) is 6.15. The van der Waals surface area contributed by atoms with Crippen LogP contribution in [-0.2, 0) is 13.0 Å². The second-order valence-corrected chi connectivity index (χ2v) is 6.15. The normalized spacial score (nSPS) is 16.6. The van der Waals surface area contributed by atoms with Crippen LogP contribution in [0.3, 0.4) is 0 Å². The van der Waals surface area contributed by atoms with Gasteiger partial charge in [0, 0.05) is 6.42 Å². The van der Waals surface area contributed by atoms with Crippen molar-refractivity contribution in [2.24, 2.45) is 11.1 Å². The Hall–Kier alpha value is -1.59. The van der Waals surface area contributed by atoms with E-state index in [-0.39, 0.29) is 17.8 Å². The van der Waals surface area contributed by atoms with Gasteiger partial charge in [-0.25, -0.2) is 0 Å². The molecule has 2 aromatic rings. The maximum Gasteiger partial charge on any atom is 0.227 e. The zero-order chi connectivity index (χ0) is 15.3. The molecule has 0 spiro atoms. The fourth-order valence-electron chi connectivity index (χ4n) is 3.16. The molecule has 126 valence electrons. The number of nitrogens with zero attached hydrogens (tertiary/aromatic N) is 2. The Kier molecular flexibility index (Phi) is 6.42. The zero-order valence-corrected chi connectivity index (χ0v) is 14.1. The van der Waals surface area contributed by atoms with Crippen LogP contribution in [-0.4, -0.2) is 16.7 Å². The Morgan fingerprint density at radius 1 is 1.13 bits per heavy atom. The molecule has 0 bridgehead atoms. The SMILES string of the molecule is Cl.NCC1(Cc2nc(COc3ccccc3)no2)CCCCC1. The Morgan fingerprint density at radius 2 is 1.87 bits per heavy atom. The van der Waals surface area contributed by atoms with Gasteiger partial charge in [-0.3, -0.25) is 0 Å². The largest absolute Gasteiger partial charge is 0.485 e. The minimum absolute atomic E-state index is 0. The van der Waals surface area contributed by atoms with Crippen molar-refractivity contribution >= 4 is 12.4 Å². The smallest absolute Gasteiger partial charge is 0.227 e. The number of ether oxygens (including phenoxy) is 1. The Morgan fingerprint density at radius 3 is 2.57 bits per heavy atom. The van der Waals surface area contributed by atoms with Crippen molar-refractivity contribution in [3.63, 3.8) is 0 Å². The first kappa shape index (κ1) is 17.8. The van der Waals surface area contributed by atoms with Gasteiger partial charge in [-0.05, 0) is 36.9 Å². The van der Waals surface area contributed by atoms with E-state index in [4.69, 9.17) is 15.0 Å². The highest BCUT2D eigenvalue weighted by Crippen LogP contribution is 2.37. The molecule has 1 aliphatic rings. The third-order valence-electron chi connectivity index (χ3n) is 4.49. The average molecular weight is 338 g/mol. The van der Waals surface area contributed by atoms with E-state index < -0.39 is 0 Å². The first-order valence-electron chi connectivity index (χ1n) is 7.99. The Labute approximate surface area is 143 Å². The Bertz CT molecular complexity index is 583. The van der Waals surface area contributed by atoms with E-state index in [0.29, 0.717) is 24.9 Å². The highest BCUT2D eigenvalue weighted by Gasteiger charge is 2.32. The fraction of sp³-hybridized carbons (Fsp3) is 0.529. The Balaban J connectivity index is 0.00000192. The lowest BCUT2D eigenvalue weighted by molar-refractivity contribution is 0.177. The van der Waals surface area contributed by atoms with Gasteiger partial charge in [0.15, 0.2) is 6.61 Å². The van der Waals surface area contributed by atoms with E-state index in [1.807, 2.05) is 30.3 Å². The van der Waals surface area contributed by atoms with Crippen LogP contribution in [0.5, 0.6) is 5.75 Å². The number of nitrogens with two attached hydrogens (primary N) is 1. The third-order valence-corrected chi connectivity index (χ3v) is 4.49. The quantitative estimate of drug-likeness (QED) is 0.872. The average Bonchev–Trinajstić information content (AvgIpc) is 3.02. The molecule has 0 saturated heterocycles. The molecule has 1 saturated carbocycles. The lowest BCUT2D eigenvalue weighted by atomic mass is 9.72. The molecular weight excluding hydrogens is 314 g/mol. The third kappa shape index (κ3) is 4.69. The predicted octanol–water partition coefficient (Wildman–Crippen LogP) is 3.52. The number of aromatic nitrogens is 2. The van der Waals surface area contributed by atoms with Gasteiger partial charge in [0.2, 0.25) is 11.7 Å². The summed E-state index contributed by atoms with van der Waals surface area (Å²) in [6.07, 6.45) is 6.89. The summed E-state index contributed by atoms with van der Waals surface area (Å²) in [6, 6.07) is 9.64. The molecule has 0 radical (unpaired) electrons. The molecule has 1 aliphatic carbocycles. The number of hydrogen-bond acceptors (Lipinski definition) is 5. The highest BCUT2D eigenvalue weighted by atomic mass is 35.5. The van der Waals surface area contributed by atoms with E-state index in [9.17, 15) is 0 Å². The number of hydrogen-bond donors (Lipinski definition) is 1. The summed E-state index contributed by atoms with van der Waals surface area (Å²) in [7, 11) is 0. The lowest BCUT2D eigenvalue weighted by Gasteiger charge is -2.34. The number of halogens is 1. The van der Waals surface area contributed by atoms with Crippen LogP contribution in [0.25, 0.3) is 0 Å². The fourth-order valence-corrected chi connectivity index (χ4v) is 3.16. The standard InChI is InChI=1S/C17H23N3O2.ClH/c18-13-17(9-5-2-6-10-17)11-16-19-15(20-22-16)12-21-14-7-3-1-4-8-14;/h1,3-4,7-8H,2,5-6,9-13,18H2;1H. The van der Waals surface area contributed by atoms with Crippen molar-refractivity contribution in [2.45, 2.75) is 45.1 Å². The molecule has 1 fully saturated rings. The molecule has 6 heteroatoms. The summed E-state index contributed by atoms with van der Waals surface area (Å²) in [6.45, 7) is 1.01. The molecule has 0 unspecified atom stereocenters.